The molecule has 1 saturated heterocycles. The molecule has 0 spiro atoms. The second-order valence-electron chi connectivity index (χ2n) is 6.37. The van der Waals surface area contributed by atoms with E-state index < -0.39 is 0 Å². The van der Waals surface area contributed by atoms with Crippen LogP contribution in [0, 0.1) is 5.92 Å². The van der Waals surface area contributed by atoms with Gasteiger partial charge in [-0.05, 0) is 52.5 Å². The Morgan fingerprint density at radius 2 is 1.87 bits per heavy atom. The highest BCUT2D eigenvalue weighted by Gasteiger charge is 2.38. The van der Waals surface area contributed by atoms with Crippen LogP contribution in [0.2, 0.25) is 0 Å². The zero-order valence-electron chi connectivity index (χ0n) is 10.6. The van der Waals surface area contributed by atoms with E-state index in [0.717, 1.165) is 12.0 Å². The fraction of sp³-hybridized carbons (Fsp3) is 1.00. The Balaban J connectivity index is 1.70. The summed E-state index contributed by atoms with van der Waals surface area (Å²) in [5.41, 5.74) is 0.0357. The Bertz CT molecular complexity index is 215. The summed E-state index contributed by atoms with van der Waals surface area (Å²) in [6.45, 7) is 11.4. The molecule has 0 aromatic rings. The van der Waals surface area contributed by atoms with Gasteiger partial charge in [0.2, 0.25) is 0 Å². The normalized spacial score (nSPS) is 38.0. The standard InChI is InChI=1S/C13H25NO/c1-10-5-6-14(9-10)11-7-12(8-11)15-13(2,3)4/h10-12H,5-9H2,1-4H3/t10-,11?,12?/m1/s1. The van der Waals surface area contributed by atoms with Crippen molar-refractivity contribution in [3.63, 3.8) is 0 Å². The summed E-state index contributed by atoms with van der Waals surface area (Å²) in [7, 11) is 0. The van der Waals surface area contributed by atoms with Crippen molar-refractivity contribution in [2.75, 3.05) is 13.1 Å². The zero-order valence-corrected chi connectivity index (χ0v) is 10.6. The zero-order chi connectivity index (χ0) is 11.1. The van der Waals surface area contributed by atoms with E-state index >= 15 is 0 Å². The van der Waals surface area contributed by atoms with Gasteiger partial charge in [-0.2, -0.15) is 0 Å². The van der Waals surface area contributed by atoms with Crippen molar-refractivity contribution in [1.82, 2.24) is 4.90 Å². The van der Waals surface area contributed by atoms with E-state index in [1.807, 2.05) is 0 Å². The van der Waals surface area contributed by atoms with Crippen LogP contribution in [0.1, 0.15) is 47.0 Å². The van der Waals surface area contributed by atoms with E-state index in [1.165, 1.54) is 32.4 Å². The molecule has 1 atom stereocenters. The van der Waals surface area contributed by atoms with E-state index in [1.54, 1.807) is 0 Å². The van der Waals surface area contributed by atoms with Gasteiger partial charge in [0, 0.05) is 12.6 Å². The molecule has 0 bridgehead atoms. The van der Waals surface area contributed by atoms with E-state index in [2.05, 4.69) is 32.6 Å². The molecule has 0 unspecified atom stereocenters. The van der Waals surface area contributed by atoms with Gasteiger partial charge < -0.3 is 4.74 Å². The first kappa shape index (κ1) is 11.4. The number of nitrogens with zero attached hydrogens (tertiary/aromatic N) is 1. The maximum Gasteiger partial charge on any atom is 0.0612 e. The minimum absolute atomic E-state index is 0.0357. The predicted octanol–water partition coefficient (Wildman–Crippen LogP) is 2.67. The largest absolute Gasteiger partial charge is 0.373 e. The summed E-state index contributed by atoms with van der Waals surface area (Å²) in [4.78, 5) is 2.66. The van der Waals surface area contributed by atoms with Gasteiger partial charge in [0.15, 0.2) is 0 Å². The SMILES string of the molecule is C[C@@H]1CCN(C2CC(OC(C)(C)C)C2)C1. The minimum atomic E-state index is 0.0357. The third-order valence-corrected chi connectivity index (χ3v) is 3.56. The summed E-state index contributed by atoms with van der Waals surface area (Å²) in [6.07, 6.45) is 4.42. The lowest BCUT2D eigenvalue weighted by atomic mass is 9.87. The first-order chi connectivity index (χ1) is 6.94. The van der Waals surface area contributed by atoms with Gasteiger partial charge in [0.05, 0.1) is 11.7 Å². The third kappa shape index (κ3) is 2.94. The van der Waals surface area contributed by atoms with Crippen LogP contribution in [0.25, 0.3) is 0 Å². The van der Waals surface area contributed by atoms with E-state index in [-0.39, 0.29) is 5.60 Å². The summed E-state index contributed by atoms with van der Waals surface area (Å²) in [5.74, 6) is 0.910. The van der Waals surface area contributed by atoms with E-state index in [4.69, 9.17) is 4.74 Å². The van der Waals surface area contributed by atoms with Crippen molar-refractivity contribution < 1.29 is 4.74 Å². The van der Waals surface area contributed by atoms with E-state index in [9.17, 15) is 0 Å². The molecule has 1 saturated carbocycles. The van der Waals surface area contributed by atoms with Crippen molar-refractivity contribution in [1.29, 1.82) is 0 Å². The average molecular weight is 211 g/mol. The van der Waals surface area contributed by atoms with Gasteiger partial charge in [-0.15, -0.1) is 0 Å². The van der Waals surface area contributed by atoms with Gasteiger partial charge in [-0.25, -0.2) is 0 Å². The molecule has 2 nitrogen and oxygen atoms in total. The quantitative estimate of drug-likeness (QED) is 0.696. The van der Waals surface area contributed by atoms with Crippen LogP contribution in [0.4, 0.5) is 0 Å². The van der Waals surface area contributed by atoms with E-state index in [0.29, 0.717) is 6.10 Å². The summed E-state index contributed by atoms with van der Waals surface area (Å²) in [6, 6.07) is 0.822. The number of hydrogen-bond donors (Lipinski definition) is 0. The first-order valence-electron chi connectivity index (χ1n) is 6.36. The molecular formula is C13H25NO. The second kappa shape index (κ2) is 4.06. The molecule has 0 N–H and O–H groups in total. The molecule has 1 aliphatic heterocycles. The lowest BCUT2D eigenvalue weighted by molar-refractivity contribution is -0.118. The minimum Gasteiger partial charge on any atom is -0.373 e. The van der Waals surface area contributed by atoms with Gasteiger partial charge in [-0.3, -0.25) is 4.90 Å². The number of rotatable bonds is 2. The second-order valence-corrected chi connectivity index (χ2v) is 6.37. The summed E-state index contributed by atoms with van der Waals surface area (Å²) >= 11 is 0. The predicted molar refractivity (Wildman–Crippen MR) is 63.0 cm³/mol. The molecule has 2 rings (SSSR count). The van der Waals surface area contributed by atoms with Crippen molar-refractivity contribution in [3.05, 3.63) is 0 Å². The molecule has 0 aromatic heterocycles. The van der Waals surface area contributed by atoms with Crippen LogP contribution >= 0.6 is 0 Å². The van der Waals surface area contributed by atoms with Crippen LogP contribution < -0.4 is 0 Å². The van der Waals surface area contributed by atoms with Crippen LogP contribution in [0.3, 0.4) is 0 Å². The molecule has 88 valence electrons. The molecule has 15 heavy (non-hydrogen) atoms. The lowest BCUT2D eigenvalue weighted by Crippen LogP contribution is -2.49. The fourth-order valence-corrected chi connectivity index (χ4v) is 2.73. The summed E-state index contributed by atoms with van der Waals surface area (Å²) in [5, 5.41) is 0. The molecule has 1 aliphatic carbocycles. The van der Waals surface area contributed by atoms with Crippen molar-refractivity contribution >= 4 is 0 Å². The molecule has 2 aliphatic rings. The highest BCUT2D eigenvalue weighted by Crippen LogP contribution is 2.34. The number of hydrogen-bond acceptors (Lipinski definition) is 2. The lowest BCUT2D eigenvalue weighted by Gasteiger charge is -2.43. The molecular weight excluding hydrogens is 186 g/mol. The summed E-state index contributed by atoms with van der Waals surface area (Å²) < 4.78 is 5.96. The monoisotopic (exact) mass is 211 g/mol. The Morgan fingerprint density at radius 1 is 1.20 bits per heavy atom. The van der Waals surface area contributed by atoms with Gasteiger partial charge in [0.1, 0.15) is 0 Å². The topological polar surface area (TPSA) is 12.5 Å². The third-order valence-electron chi connectivity index (χ3n) is 3.56. The van der Waals surface area contributed by atoms with Crippen LogP contribution in [-0.4, -0.2) is 35.7 Å². The van der Waals surface area contributed by atoms with Gasteiger partial charge in [-0.1, -0.05) is 6.92 Å². The Hall–Kier alpha value is -0.0800. The molecule has 0 radical (unpaired) electrons. The highest BCUT2D eigenvalue weighted by atomic mass is 16.5. The van der Waals surface area contributed by atoms with Crippen molar-refractivity contribution in [2.45, 2.75) is 64.7 Å². The Morgan fingerprint density at radius 3 is 2.33 bits per heavy atom. The molecule has 1 heterocycles. The molecule has 2 heteroatoms. The number of ether oxygens (including phenoxy) is 1. The average Bonchev–Trinajstić information content (AvgIpc) is 2.41. The van der Waals surface area contributed by atoms with Crippen molar-refractivity contribution in [3.8, 4) is 0 Å². The molecule has 2 fully saturated rings. The molecule has 0 amide bonds. The van der Waals surface area contributed by atoms with Crippen LogP contribution in [0.5, 0.6) is 0 Å². The first-order valence-corrected chi connectivity index (χ1v) is 6.36. The highest BCUT2D eigenvalue weighted by molar-refractivity contribution is 4.91. The van der Waals surface area contributed by atoms with Gasteiger partial charge in [0.25, 0.3) is 0 Å². The van der Waals surface area contributed by atoms with Crippen molar-refractivity contribution in [2.24, 2.45) is 5.92 Å². The fourth-order valence-electron chi connectivity index (χ4n) is 2.73. The smallest absolute Gasteiger partial charge is 0.0612 e. The Labute approximate surface area is 94.0 Å². The van der Waals surface area contributed by atoms with Crippen LogP contribution in [-0.2, 0) is 4.74 Å². The maximum atomic E-state index is 5.96. The van der Waals surface area contributed by atoms with Crippen LogP contribution in [0.15, 0.2) is 0 Å². The Kier molecular flexibility index (Phi) is 3.09. The number of likely N-dealkylation sites (tertiary alicyclic amines) is 1. The molecule has 0 aromatic carbocycles. The maximum absolute atomic E-state index is 5.96. The van der Waals surface area contributed by atoms with Gasteiger partial charge >= 0.3 is 0 Å².